The standard InChI is InChI=1S/C19H20N2O4/c1-11-8-12-16(25-11)6-7-20-19(12)21-9-13-15(23-2)4-5-17(24-3)18(13)14(22)10-21/h4-8,14,22H,9-10H2,1-3H3/t14-/m0/s1. The Morgan fingerprint density at radius 1 is 1.20 bits per heavy atom. The minimum Gasteiger partial charge on any atom is -0.496 e. The number of aryl methyl sites for hydroxylation is 1. The van der Waals surface area contributed by atoms with Crippen LogP contribution in [-0.4, -0.2) is 30.9 Å². The molecule has 0 spiro atoms. The molecule has 6 heteroatoms. The predicted octanol–water partition coefficient (Wildman–Crippen LogP) is 3.21. The third kappa shape index (κ3) is 2.49. The number of benzene rings is 1. The van der Waals surface area contributed by atoms with Gasteiger partial charge in [-0.2, -0.15) is 0 Å². The Balaban J connectivity index is 1.83. The highest BCUT2D eigenvalue weighted by Gasteiger charge is 2.31. The van der Waals surface area contributed by atoms with E-state index in [-0.39, 0.29) is 0 Å². The van der Waals surface area contributed by atoms with Crippen molar-refractivity contribution in [3.05, 3.63) is 47.3 Å². The molecular weight excluding hydrogens is 320 g/mol. The van der Waals surface area contributed by atoms with E-state index in [1.54, 1.807) is 20.4 Å². The molecule has 2 aromatic heterocycles. The highest BCUT2D eigenvalue weighted by molar-refractivity contribution is 5.89. The molecule has 1 aromatic carbocycles. The first-order valence-corrected chi connectivity index (χ1v) is 8.14. The van der Waals surface area contributed by atoms with E-state index in [0.29, 0.717) is 18.8 Å². The molecule has 1 atom stereocenters. The highest BCUT2D eigenvalue weighted by atomic mass is 16.5. The van der Waals surface area contributed by atoms with Crippen LogP contribution in [0.25, 0.3) is 11.0 Å². The SMILES string of the molecule is COc1ccc(OC)c2c1CN(c1nccc3oc(C)cc13)C[C@@H]2O. The summed E-state index contributed by atoms with van der Waals surface area (Å²) < 4.78 is 16.6. The van der Waals surface area contributed by atoms with Gasteiger partial charge in [-0.3, -0.25) is 0 Å². The fourth-order valence-corrected chi connectivity index (χ4v) is 3.57. The van der Waals surface area contributed by atoms with Crippen LogP contribution in [0.3, 0.4) is 0 Å². The molecule has 0 radical (unpaired) electrons. The monoisotopic (exact) mass is 340 g/mol. The Hall–Kier alpha value is -2.73. The molecule has 0 amide bonds. The Morgan fingerprint density at radius 2 is 1.96 bits per heavy atom. The Kier molecular flexibility index (Phi) is 3.77. The zero-order chi connectivity index (χ0) is 17.6. The summed E-state index contributed by atoms with van der Waals surface area (Å²) in [6, 6.07) is 7.52. The molecule has 0 aliphatic carbocycles. The van der Waals surface area contributed by atoms with Gasteiger partial charge >= 0.3 is 0 Å². The van der Waals surface area contributed by atoms with Crippen LogP contribution in [-0.2, 0) is 6.54 Å². The highest BCUT2D eigenvalue weighted by Crippen LogP contribution is 2.41. The maximum absolute atomic E-state index is 10.8. The summed E-state index contributed by atoms with van der Waals surface area (Å²) in [6.07, 6.45) is 1.03. The van der Waals surface area contributed by atoms with E-state index < -0.39 is 6.10 Å². The first-order valence-electron chi connectivity index (χ1n) is 8.14. The number of anilines is 1. The lowest BCUT2D eigenvalue weighted by Crippen LogP contribution is -2.34. The Labute approximate surface area is 145 Å². The zero-order valence-corrected chi connectivity index (χ0v) is 14.4. The van der Waals surface area contributed by atoms with Crippen molar-refractivity contribution < 1.29 is 19.0 Å². The number of β-amino-alcohol motifs (C(OH)–C–C–N with tert-alkyl or cyclic N) is 1. The number of aromatic nitrogens is 1. The lowest BCUT2D eigenvalue weighted by molar-refractivity contribution is 0.169. The number of methoxy groups -OCH3 is 2. The molecule has 0 unspecified atom stereocenters. The summed E-state index contributed by atoms with van der Waals surface area (Å²) >= 11 is 0. The molecule has 0 saturated heterocycles. The van der Waals surface area contributed by atoms with Crippen LogP contribution in [0.15, 0.2) is 34.9 Å². The van der Waals surface area contributed by atoms with Crippen molar-refractivity contribution in [1.82, 2.24) is 4.98 Å². The van der Waals surface area contributed by atoms with Gasteiger partial charge in [0.05, 0.1) is 26.2 Å². The number of hydrogen-bond donors (Lipinski definition) is 1. The molecule has 1 N–H and O–H groups in total. The average molecular weight is 340 g/mol. The summed E-state index contributed by atoms with van der Waals surface area (Å²) in [6.45, 7) is 2.91. The molecule has 0 bridgehead atoms. The van der Waals surface area contributed by atoms with Crippen LogP contribution in [0.1, 0.15) is 23.0 Å². The zero-order valence-electron chi connectivity index (χ0n) is 14.4. The van der Waals surface area contributed by atoms with Gasteiger partial charge in [-0.15, -0.1) is 0 Å². The molecule has 3 heterocycles. The van der Waals surface area contributed by atoms with Gasteiger partial charge in [0, 0.05) is 23.9 Å². The quantitative estimate of drug-likeness (QED) is 0.790. The van der Waals surface area contributed by atoms with E-state index in [1.807, 2.05) is 36.1 Å². The van der Waals surface area contributed by atoms with Crippen molar-refractivity contribution in [2.24, 2.45) is 0 Å². The third-order valence-electron chi connectivity index (χ3n) is 4.64. The Bertz CT molecular complexity index is 935. The van der Waals surface area contributed by atoms with Crippen LogP contribution >= 0.6 is 0 Å². The van der Waals surface area contributed by atoms with Gasteiger partial charge in [-0.05, 0) is 31.2 Å². The maximum atomic E-state index is 10.8. The number of furan rings is 1. The average Bonchev–Trinajstić information content (AvgIpc) is 3.00. The maximum Gasteiger partial charge on any atom is 0.140 e. The molecule has 0 saturated carbocycles. The lowest BCUT2D eigenvalue weighted by Gasteiger charge is -2.34. The predicted molar refractivity (Wildman–Crippen MR) is 94.3 cm³/mol. The Morgan fingerprint density at radius 3 is 2.72 bits per heavy atom. The van der Waals surface area contributed by atoms with Gasteiger partial charge in [-0.1, -0.05) is 0 Å². The summed E-state index contributed by atoms with van der Waals surface area (Å²) in [5.74, 6) is 3.04. The summed E-state index contributed by atoms with van der Waals surface area (Å²) in [7, 11) is 3.24. The molecule has 4 rings (SSSR count). The number of aliphatic hydroxyl groups excluding tert-OH is 1. The van der Waals surface area contributed by atoms with Crippen LogP contribution in [0.4, 0.5) is 5.82 Å². The van der Waals surface area contributed by atoms with E-state index in [0.717, 1.165) is 39.4 Å². The van der Waals surface area contributed by atoms with E-state index in [2.05, 4.69) is 4.98 Å². The molecule has 25 heavy (non-hydrogen) atoms. The first-order chi connectivity index (χ1) is 12.1. The molecular formula is C19H20N2O4. The van der Waals surface area contributed by atoms with E-state index >= 15 is 0 Å². The molecule has 6 nitrogen and oxygen atoms in total. The first kappa shape index (κ1) is 15.8. The molecule has 1 aliphatic heterocycles. The number of hydrogen-bond acceptors (Lipinski definition) is 6. The van der Waals surface area contributed by atoms with Gasteiger partial charge in [0.25, 0.3) is 0 Å². The number of nitrogens with zero attached hydrogens (tertiary/aromatic N) is 2. The second-order valence-electron chi connectivity index (χ2n) is 6.16. The fraction of sp³-hybridized carbons (Fsp3) is 0.316. The van der Waals surface area contributed by atoms with Crippen molar-refractivity contribution in [2.75, 3.05) is 25.7 Å². The van der Waals surface area contributed by atoms with Gasteiger partial charge in [0.2, 0.25) is 0 Å². The van der Waals surface area contributed by atoms with Gasteiger partial charge < -0.3 is 23.9 Å². The number of fused-ring (bicyclic) bond motifs is 2. The summed E-state index contributed by atoms with van der Waals surface area (Å²) in [4.78, 5) is 6.58. The van der Waals surface area contributed by atoms with Crippen molar-refractivity contribution in [1.29, 1.82) is 0 Å². The largest absolute Gasteiger partial charge is 0.496 e. The van der Waals surface area contributed by atoms with Crippen LogP contribution in [0.2, 0.25) is 0 Å². The van der Waals surface area contributed by atoms with Crippen LogP contribution in [0.5, 0.6) is 11.5 Å². The second-order valence-corrected chi connectivity index (χ2v) is 6.16. The molecule has 3 aromatic rings. The van der Waals surface area contributed by atoms with Gasteiger partial charge in [0.1, 0.15) is 34.8 Å². The van der Waals surface area contributed by atoms with Crippen LogP contribution in [0, 0.1) is 6.92 Å². The van der Waals surface area contributed by atoms with Gasteiger partial charge in [-0.25, -0.2) is 4.98 Å². The number of pyridine rings is 1. The number of rotatable bonds is 3. The number of ether oxygens (including phenoxy) is 2. The molecule has 130 valence electrons. The normalized spacial score (nSPS) is 16.8. The lowest BCUT2D eigenvalue weighted by atomic mass is 9.95. The van der Waals surface area contributed by atoms with E-state index in [1.165, 1.54) is 0 Å². The van der Waals surface area contributed by atoms with E-state index in [9.17, 15) is 5.11 Å². The smallest absolute Gasteiger partial charge is 0.140 e. The van der Waals surface area contributed by atoms with Crippen molar-refractivity contribution in [2.45, 2.75) is 19.6 Å². The summed E-state index contributed by atoms with van der Waals surface area (Å²) in [5.41, 5.74) is 2.49. The van der Waals surface area contributed by atoms with Crippen molar-refractivity contribution >= 4 is 16.8 Å². The minimum absolute atomic E-state index is 0.423. The molecule has 0 fully saturated rings. The fourth-order valence-electron chi connectivity index (χ4n) is 3.57. The topological polar surface area (TPSA) is 68.0 Å². The third-order valence-corrected chi connectivity index (χ3v) is 4.64. The van der Waals surface area contributed by atoms with Gasteiger partial charge in [0.15, 0.2) is 0 Å². The van der Waals surface area contributed by atoms with E-state index in [4.69, 9.17) is 13.9 Å². The molecule has 1 aliphatic rings. The van der Waals surface area contributed by atoms with Crippen LogP contribution < -0.4 is 14.4 Å². The van der Waals surface area contributed by atoms with Crippen molar-refractivity contribution in [3.8, 4) is 11.5 Å². The minimum atomic E-state index is -0.696. The number of aliphatic hydroxyl groups is 1. The second kappa shape index (κ2) is 5.97. The van der Waals surface area contributed by atoms with Crippen molar-refractivity contribution in [3.63, 3.8) is 0 Å². The summed E-state index contributed by atoms with van der Waals surface area (Å²) in [5, 5.41) is 11.7.